The quantitative estimate of drug-likeness (QED) is 0.407. The fourth-order valence-corrected chi connectivity index (χ4v) is 3.67. The standard InChI is InChI=1S/C23H29Cl3O4/c1-15(12-28-4)13-29-19-7-5-16(6-8-19)23(2,3)17-9-20(25)22(21(26)10-17)30-14-18(27)11-24/h5-10,15,18,27H,11-14H2,1-4H3. The van der Waals surface area contributed by atoms with E-state index in [2.05, 4.69) is 20.8 Å². The van der Waals surface area contributed by atoms with Crippen LogP contribution in [0.1, 0.15) is 31.9 Å². The summed E-state index contributed by atoms with van der Waals surface area (Å²) in [6.07, 6.45) is -0.784. The van der Waals surface area contributed by atoms with Gasteiger partial charge >= 0.3 is 0 Å². The average molecular weight is 476 g/mol. The fourth-order valence-electron chi connectivity index (χ4n) is 2.99. The maximum Gasteiger partial charge on any atom is 0.156 e. The summed E-state index contributed by atoms with van der Waals surface area (Å²) in [4.78, 5) is 0. The van der Waals surface area contributed by atoms with Crippen LogP contribution < -0.4 is 9.47 Å². The Labute approximate surface area is 194 Å². The van der Waals surface area contributed by atoms with E-state index in [0.717, 1.165) is 16.9 Å². The van der Waals surface area contributed by atoms with Gasteiger partial charge in [-0.2, -0.15) is 0 Å². The van der Waals surface area contributed by atoms with Crippen molar-refractivity contribution in [1.29, 1.82) is 0 Å². The maximum atomic E-state index is 9.59. The Morgan fingerprint density at radius 3 is 2.07 bits per heavy atom. The van der Waals surface area contributed by atoms with Crippen molar-refractivity contribution in [3.8, 4) is 11.5 Å². The number of methoxy groups -OCH3 is 1. The second kappa shape index (κ2) is 11.4. The number of aliphatic hydroxyl groups is 1. The highest BCUT2D eigenvalue weighted by Crippen LogP contribution is 2.40. The molecule has 1 N–H and O–H groups in total. The lowest BCUT2D eigenvalue weighted by molar-refractivity contribution is 0.125. The van der Waals surface area contributed by atoms with Crippen LogP contribution in [-0.2, 0) is 10.2 Å². The Balaban J connectivity index is 2.16. The molecule has 0 spiro atoms. The highest BCUT2D eigenvalue weighted by molar-refractivity contribution is 6.37. The summed E-state index contributed by atoms with van der Waals surface area (Å²) >= 11 is 18.4. The van der Waals surface area contributed by atoms with Crippen molar-refractivity contribution in [3.05, 3.63) is 57.6 Å². The highest BCUT2D eigenvalue weighted by Gasteiger charge is 2.26. The molecule has 0 aliphatic carbocycles. The van der Waals surface area contributed by atoms with Crippen LogP contribution >= 0.6 is 34.8 Å². The minimum Gasteiger partial charge on any atom is -0.493 e. The molecule has 30 heavy (non-hydrogen) atoms. The first-order valence-electron chi connectivity index (χ1n) is 9.77. The van der Waals surface area contributed by atoms with Gasteiger partial charge in [0.25, 0.3) is 0 Å². The van der Waals surface area contributed by atoms with Crippen molar-refractivity contribution < 1.29 is 19.3 Å². The summed E-state index contributed by atoms with van der Waals surface area (Å²) in [5.41, 5.74) is 1.70. The van der Waals surface area contributed by atoms with Crippen molar-refractivity contribution in [2.75, 3.05) is 32.8 Å². The van der Waals surface area contributed by atoms with Gasteiger partial charge in [-0.15, -0.1) is 11.6 Å². The van der Waals surface area contributed by atoms with Crippen molar-refractivity contribution in [2.24, 2.45) is 5.92 Å². The zero-order chi connectivity index (χ0) is 22.3. The number of hydrogen-bond donors (Lipinski definition) is 1. The van der Waals surface area contributed by atoms with Crippen LogP contribution in [0.15, 0.2) is 36.4 Å². The third kappa shape index (κ3) is 6.66. The van der Waals surface area contributed by atoms with Crippen LogP contribution in [0.3, 0.4) is 0 Å². The molecule has 0 saturated heterocycles. The van der Waals surface area contributed by atoms with Crippen LogP contribution in [-0.4, -0.2) is 44.0 Å². The van der Waals surface area contributed by atoms with Crippen LogP contribution in [0.5, 0.6) is 11.5 Å². The summed E-state index contributed by atoms with van der Waals surface area (Å²) in [6.45, 7) is 7.57. The number of hydrogen-bond acceptors (Lipinski definition) is 4. The summed E-state index contributed by atoms with van der Waals surface area (Å²) in [5.74, 6) is 1.55. The van der Waals surface area contributed by atoms with Crippen LogP contribution in [0.4, 0.5) is 0 Å². The first-order valence-corrected chi connectivity index (χ1v) is 11.1. The Hall–Kier alpha value is -1.17. The van der Waals surface area contributed by atoms with E-state index in [1.54, 1.807) is 7.11 Å². The number of halogens is 3. The molecular weight excluding hydrogens is 447 g/mol. The second-order valence-corrected chi connectivity index (χ2v) is 9.03. The predicted octanol–water partition coefficient (Wildman–Crippen LogP) is 5.96. The Morgan fingerprint density at radius 2 is 1.53 bits per heavy atom. The molecule has 0 fully saturated rings. The van der Waals surface area contributed by atoms with Gasteiger partial charge < -0.3 is 19.3 Å². The minimum atomic E-state index is -0.784. The van der Waals surface area contributed by atoms with Gasteiger partial charge in [-0.1, -0.05) is 56.1 Å². The molecule has 166 valence electrons. The molecule has 7 heteroatoms. The van der Waals surface area contributed by atoms with E-state index in [1.807, 2.05) is 36.4 Å². The first-order chi connectivity index (χ1) is 14.2. The zero-order valence-electron chi connectivity index (χ0n) is 17.8. The smallest absolute Gasteiger partial charge is 0.156 e. The maximum absolute atomic E-state index is 9.59. The molecule has 0 aromatic heterocycles. The van der Waals surface area contributed by atoms with Gasteiger partial charge in [0.2, 0.25) is 0 Å². The normalized spacial score (nSPS) is 13.7. The van der Waals surface area contributed by atoms with Crippen LogP contribution in [0.25, 0.3) is 0 Å². The lowest BCUT2D eigenvalue weighted by Gasteiger charge is -2.27. The molecule has 2 aromatic rings. The SMILES string of the molecule is COCC(C)COc1ccc(C(C)(C)c2cc(Cl)c(OCC(O)CCl)c(Cl)c2)cc1. The molecule has 0 amide bonds. The van der Waals surface area contributed by atoms with Crippen LogP contribution in [0, 0.1) is 5.92 Å². The number of aliphatic hydroxyl groups excluding tert-OH is 1. The van der Waals surface area contributed by atoms with E-state index in [1.165, 1.54) is 0 Å². The van der Waals surface area contributed by atoms with Crippen molar-refractivity contribution in [3.63, 3.8) is 0 Å². The van der Waals surface area contributed by atoms with Gasteiger partial charge in [-0.05, 0) is 35.4 Å². The molecular formula is C23H29Cl3O4. The fraction of sp³-hybridized carbons (Fsp3) is 0.478. The van der Waals surface area contributed by atoms with E-state index in [4.69, 9.17) is 49.0 Å². The second-order valence-electron chi connectivity index (χ2n) is 7.91. The molecule has 0 bridgehead atoms. The van der Waals surface area contributed by atoms with Gasteiger partial charge in [0.1, 0.15) is 18.5 Å². The van der Waals surface area contributed by atoms with E-state index in [0.29, 0.717) is 34.9 Å². The van der Waals surface area contributed by atoms with Gasteiger partial charge in [0.05, 0.1) is 29.1 Å². The van der Waals surface area contributed by atoms with Gasteiger partial charge in [-0.25, -0.2) is 0 Å². The Morgan fingerprint density at radius 1 is 0.933 bits per heavy atom. The monoisotopic (exact) mass is 474 g/mol. The summed E-state index contributed by atoms with van der Waals surface area (Å²) in [7, 11) is 1.69. The molecule has 0 heterocycles. The molecule has 0 aliphatic heterocycles. The van der Waals surface area contributed by atoms with Crippen molar-refractivity contribution >= 4 is 34.8 Å². The van der Waals surface area contributed by atoms with Crippen molar-refractivity contribution in [2.45, 2.75) is 32.3 Å². The van der Waals surface area contributed by atoms with E-state index >= 15 is 0 Å². The zero-order valence-corrected chi connectivity index (χ0v) is 20.0. The first kappa shape index (κ1) is 25.1. The van der Waals surface area contributed by atoms with Gasteiger partial charge in [0.15, 0.2) is 5.75 Å². The summed E-state index contributed by atoms with van der Waals surface area (Å²) in [5, 5.41) is 10.4. The number of ether oxygens (including phenoxy) is 3. The Kier molecular flexibility index (Phi) is 9.58. The Bertz CT molecular complexity index is 786. The van der Waals surface area contributed by atoms with Gasteiger partial charge in [-0.3, -0.25) is 0 Å². The highest BCUT2D eigenvalue weighted by atomic mass is 35.5. The molecule has 2 rings (SSSR count). The number of alkyl halides is 1. The van der Waals surface area contributed by atoms with E-state index in [9.17, 15) is 5.11 Å². The van der Waals surface area contributed by atoms with Gasteiger partial charge in [0, 0.05) is 18.4 Å². The molecule has 2 aromatic carbocycles. The average Bonchev–Trinajstić information content (AvgIpc) is 2.71. The number of benzene rings is 2. The van der Waals surface area contributed by atoms with E-state index in [-0.39, 0.29) is 17.9 Å². The minimum absolute atomic E-state index is 0.0239. The molecule has 2 atom stereocenters. The summed E-state index contributed by atoms with van der Waals surface area (Å²) in [6, 6.07) is 11.7. The van der Waals surface area contributed by atoms with Crippen molar-refractivity contribution in [1.82, 2.24) is 0 Å². The van der Waals surface area contributed by atoms with E-state index < -0.39 is 6.10 Å². The third-order valence-corrected chi connectivity index (χ3v) is 5.80. The summed E-state index contributed by atoms with van der Waals surface area (Å²) < 4.78 is 16.5. The topological polar surface area (TPSA) is 47.9 Å². The number of rotatable bonds is 11. The lowest BCUT2D eigenvalue weighted by atomic mass is 9.78. The van der Waals surface area contributed by atoms with Crippen LogP contribution in [0.2, 0.25) is 10.0 Å². The molecule has 0 saturated carbocycles. The molecule has 0 radical (unpaired) electrons. The molecule has 0 aliphatic rings. The third-order valence-electron chi connectivity index (χ3n) is 4.88. The molecule has 2 unspecified atom stereocenters. The lowest BCUT2D eigenvalue weighted by Crippen LogP contribution is -2.20. The largest absolute Gasteiger partial charge is 0.493 e. The molecule has 4 nitrogen and oxygen atoms in total. The predicted molar refractivity (Wildman–Crippen MR) is 124 cm³/mol.